The predicted molar refractivity (Wildman–Crippen MR) is 64.1 cm³/mol. The number of nitrogens with one attached hydrogen (secondary N) is 1. The summed E-state index contributed by atoms with van der Waals surface area (Å²) in [5, 5.41) is 0.321. The normalized spacial score (nSPS) is 11.7. The molecule has 0 aromatic carbocycles. The van der Waals surface area contributed by atoms with Gasteiger partial charge in [-0.3, -0.25) is 0 Å². The topological polar surface area (TPSA) is 59.1 Å². The number of sulfonamides is 1. The molecule has 0 saturated heterocycles. The van der Waals surface area contributed by atoms with Crippen LogP contribution in [0, 0.1) is 0 Å². The zero-order chi connectivity index (χ0) is 12.2. The van der Waals surface area contributed by atoms with Gasteiger partial charge in [-0.25, -0.2) is 18.1 Å². The fraction of sp³-hybridized carbons (Fsp3) is 0.500. The van der Waals surface area contributed by atoms with Gasteiger partial charge in [-0.1, -0.05) is 24.9 Å². The monoisotopic (exact) mass is 262 g/mol. The number of halogens is 1. The van der Waals surface area contributed by atoms with Crippen LogP contribution in [0.5, 0.6) is 0 Å². The maximum Gasteiger partial charge on any atom is 0.242 e. The summed E-state index contributed by atoms with van der Waals surface area (Å²) in [5.74, 6) is 0. The molecule has 0 unspecified atom stereocenters. The van der Waals surface area contributed by atoms with Crippen LogP contribution in [-0.2, 0) is 16.4 Å². The number of hydrogen-bond donors (Lipinski definition) is 1. The van der Waals surface area contributed by atoms with Crippen LogP contribution < -0.4 is 4.72 Å². The summed E-state index contributed by atoms with van der Waals surface area (Å²) in [6, 6.07) is 2.98. The van der Waals surface area contributed by atoms with E-state index in [1.165, 1.54) is 19.2 Å². The van der Waals surface area contributed by atoms with Crippen molar-refractivity contribution in [2.24, 2.45) is 0 Å². The molecule has 0 amide bonds. The minimum absolute atomic E-state index is 0.216. The first-order chi connectivity index (χ1) is 7.51. The van der Waals surface area contributed by atoms with Gasteiger partial charge in [0.05, 0.1) is 5.69 Å². The third-order valence-corrected chi connectivity index (χ3v) is 3.92. The molecule has 0 spiro atoms. The smallest absolute Gasteiger partial charge is 0.240 e. The molecule has 0 aliphatic heterocycles. The van der Waals surface area contributed by atoms with Gasteiger partial charge in [0.1, 0.15) is 10.0 Å². The Morgan fingerprint density at radius 1 is 1.44 bits per heavy atom. The Bertz CT molecular complexity index is 460. The highest BCUT2D eigenvalue weighted by Gasteiger charge is 2.17. The standard InChI is InChI=1S/C10H15ClN2O2S/c1-3-4-5-8-9(16(14,15)12-2)6-7-10(11)13-8/h6-7,12H,3-5H2,1-2H3. The zero-order valence-corrected chi connectivity index (χ0v) is 10.9. The van der Waals surface area contributed by atoms with Crippen molar-refractivity contribution >= 4 is 21.6 Å². The summed E-state index contributed by atoms with van der Waals surface area (Å²) in [6.07, 6.45) is 2.49. The van der Waals surface area contributed by atoms with Crippen molar-refractivity contribution in [3.05, 3.63) is 23.0 Å². The quantitative estimate of drug-likeness (QED) is 0.826. The Kier molecular flexibility index (Phi) is 4.70. The second-order valence-electron chi connectivity index (χ2n) is 3.39. The molecule has 1 N–H and O–H groups in total. The minimum atomic E-state index is -3.45. The predicted octanol–water partition coefficient (Wildman–Crippen LogP) is 1.99. The molecule has 0 radical (unpaired) electrons. The van der Waals surface area contributed by atoms with Crippen LogP contribution in [0.15, 0.2) is 17.0 Å². The number of unbranched alkanes of at least 4 members (excludes halogenated alkanes) is 1. The fourth-order valence-electron chi connectivity index (χ4n) is 1.34. The Balaban J connectivity index is 3.17. The van der Waals surface area contributed by atoms with Crippen molar-refractivity contribution in [2.45, 2.75) is 31.1 Å². The molecule has 16 heavy (non-hydrogen) atoms. The molecule has 1 rings (SSSR count). The number of nitrogens with zero attached hydrogens (tertiary/aromatic N) is 1. The first-order valence-electron chi connectivity index (χ1n) is 5.10. The van der Waals surface area contributed by atoms with Gasteiger partial charge in [-0.2, -0.15) is 0 Å². The van der Waals surface area contributed by atoms with Crippen LogP contribution in [-0.4, -0.2) is 20.4 Å². The molecule has 6 heteroatoms. The van der Waals surface area contributed by atoms with Crippen LogP contribution in [0.25, 0.3) is 0 Å². The van der Waals surface area contributed by atoms with Crippen molar-refractivity contribution in [1.29, 1.82) is 0 Å². The molecular formula is C10H15ClN2O2S. The summed E-state index contributed by atoms with van der Waals surface area (Å²) in [6.45, 7) is 2.04. The van der Waals surface area contributed by atoms with E-state index in [0.29, 0.717) is 17.3 Å². The van der Waals surface area contributed by atoms with Crippen LogP contribution >= 0.6 is 11.6 Å². The maximum absolute atomic E-state index is 11.7. The minimum Gasteiger partial charge on any atom is -0.240 e. The van der Waals surface area contributed by atoms with Crippen molar-refractivity contribution in [3.8, 4) is 0 Å². The Morgan fingerprint density at radius 2 is 2.12 bits per heavy atom. The summed E-state index contributed by atoms with van der Waals surface area (Å²) in [7, 11) is -2.06. The van der Waals surface area contributed by atoms with Crippen LogP contribution in [0.3, 0.4) is 0 Å². The number of aromatic nitrogens is 1. The van der Waals surface area contributed by atoms with Gasteiger partial charge in [-0.15, -0.1) is 0 Å². The van der Waals surface area contributed by atoms with E-state index in [1.54, 1.807) is 0 Å². The van der Waals surface area contributed by atoms with Crippen LogP contribution in [0.4, 0.5) is 0 Å². The molecule has 1 aromatic heterocycles. The average molecular weight is 263 g/mol. The molecule has 1 heterocycles. The number of rotatable bonds is 5. The number of hydrogen-bond acceptors (Lipinski definition) is 3. The lowest BCUT2D eigenvalue weighted by Crippen LogP contribution is -2.20. The average Bonchev–Trinajstić information content (AvgIpc) is 2.26. The largest absolute Gasteiger partial charge is 0.242 e. The molecule has 0 saturated carbocycles. The van der Waals surface area contributed by atoms with Gasteiger partial charge in [0, 0.05) is 0 Å². The van der Waals surface area contributed by atoms with Crippen molar-refractivity contribution in [1.82, 2.24) is 9.71 Å². The second-order valence-corrected chi connectivity index (χ2v) is 5.63. The van der Waals surface area contributed by atoms with Gasteiger partial charge < -0.3 is 0 Å². The molecule has 0 bridgehead atoms. The lowest BCUT2D eigenvalue weighted by molar-refractivity contribution is 0.585. The fourth-order valence-corrected chi connectivity index (χ4v) is 2.43. The highest BCUT2D eigenvalue weighted by Crippen LogP contribution is 2.18. The Hall–Kier alpha value is -0.650. The van der Waals surface area contributed by atoms with Crippen molar-refractivity contribution in [3.63, 3.8) is 0 Å². The lowest BCUT2D eigenvalue weighted by atomic mass is 10.2. The first kappa shape index (κ1) is 13.4. The van der Waals surface area contributed by atoms with E-state index in [9.17, 15) is 8.42 Å². The Labute approximate surface area is 101 Å². The van der Waals surface area contributed by atoms with E-state index in [0.717, 1.165) is 12.8 Å². The molecule has 0 fully saturated rings. The first-order valence-corrected chi connectivity index (χ1v) is 6.96. The highest BCUT2D eigenvalue weighted by molar-refractivity contribution is 7.89. The second kappa shape index (κ2) is 5.61. The molecule has 90 valence electrons. The molecule has 0 aliphatic carbocycles. The van der Waals surface area contributed by atoms with E-state index in [4.69, 9.17) is 11.6 Å². The molecular weight excluding hydrogens is 248 g/mol. The van der Waals surface area contributed by atoms with E-state index >= 15 is 0 Å². The maximum atomic E-state index is 11.7. The number of pyridine rings is 1. The summed E-state index contributed by atoms with van der Waals surface area (Å²) >= 11 is 5.76. The van der Waals surface area contributed by atoms with Gasteiger partial charge >= 0.3 is 0 Å². The summed E-state index contributed by atoms with van der Waals surface area (Å²) in [5.41, 5.74) is 0.531. The SMILES string of the molecule is CCCCc1nc(Cl)ccc1S(=O)(=O)NC. The van der Waals surface area contributed by atoms with Gasteiger partial charge in [-0.05, 0) is 32.0 Å². The lowest BCUT2D eigenvalue weighted by Gasteiger charge is -2.08. The van der Waals surface area contributed by atoms with Crippen LogP contribution in [0.2, 0.25) is 5.15 Å². The molecule has 1 aromatic rings. The van der Waals surface area contributed by atoms with Crippen molar-refractivity contribution < 1.29 is 8.42 Å². The summed E-state index contributed by atoms with van der Waals surface area (Å²) < 4.78 is 25.7. The zero-order valence-electron chi connectivity index (χ0n) is 9.33. The third-order valence-electron chi connectivity index (χ3n) is 2.22. The van der Waals surface area contributed by atoms with Gasteiger partial charge in [0.25, 0.3) is 0 Å². The van der Waals surface area contributed by atoms with Crippen LogP contribution in [0.1, 0.15) is 25.5 Å². The molecule has 0 atom stereocenters. The number of aryl methyl sites for hydroxylation is 1. The van der Waals surface area contributed by atoms with E-state index in [-0.39, 0.29) is 4.90 Å². The van der Waals surface area contributed by atoms with Gasteiger partial charge in [0.2, 0.25) is 10.0 Å². The van der Waals surface area contributed by atoms with Gasteiger partial charge in [0.15, 0.2) is 0 Å². The van der Waals surface area contributed by atoms with E-state index < -0.39 is 10.0 Å². The molecule has 0 aliphatic rings. The van der Waals surface area contributed by atoms with E-state index in [1.807, 2.05) is 6.92 Å². The highest BCUT2D eigenvalue weighted by atomic mass is 35.5. The van der Waals surface area contributed by atoms with Crippen molar-refractivity contribution in [2.75, 3.05) is 7.05 Å². The molecule has 4 nitrogen and oxygen atoms in total. The van der Waals surface area contributed by atoms with E-state index in [2.05, 4.69) is 9.71 Å². The summed E-state index contributed by atoms with van der Waals surface area (Å²) in [4.78, 5) is 4.29. The third kappa shape index (κ3) is 3.17. The Morgan fingerprint density at radius 3 is 2.69 bits per heavy atom.